The van der Waals surface area contributed by atoms with Gasteiger partial charge < -0.3 is 14.4 Å². The average Bonchev–Trinajstić information content (AvgIpc) is 2.63. The van der Waals surface area contributed by atoms with E-state index >= 15 is 0 Å². The third-order valence-corrected chi connectivity index (χ3v) is 4.15. The maximum atomic E-state index is 12.9. The van der Waals surface area contributed by atoms with Gasteiger partial charge in [-0.1, -0.05) is 6.08 Å². The first-order valence-electron chi connectivity index (χ1n) is 7.85. The van der Waals surface area contributed by atoms with E-state index in [0.29, 0.717) is 48.5 Å². The summed E-state index contributed by atoms with van der Waals surface area (Å²) < 4.78 is 12.0. The third-order valence-electron chi connectivity index (χ3n) is 4.15. The molecular formula is C18H20N2O4. The fraction of sp³-hybridized carbons (Fsp3) is 0.333. The van der Waals surface area contributed by atoms with Gasteiger partial charge in [-0.2, -0.15) is 0 Å². The van der Waals surface area contributed by atoms with Crippen LogP contribution in [-0.2, 0) is 11.3 Å². The first-order chi connectivity index (χ1) is 11.7. The fourth-order valence-corrected chi connectivity index (χ4v) is 2.88. The lowest BCUT2D eigenvalue weighted by Gasteiger charge is -2.27. The Kier molecular flexibility index (Phi) is 4.66. The van der Waals surface area contributed by atoms with E-state index in [-0.39, 0.29) is 18.0 Å². The van der Waals surface area contributed by atoms with Crippen LogP contribution in [0.3, 0.4) is 0 Å². The number of fused-ring (bicyclic) bond motifs is 1. The van der Waals surface area contributed by atoms with Crippen molar-refractivity contribution in [2.24, 2.45) is 0 Å². The first kappa shape index (κ1) is 16.3. The second-order valence-electron chi connectivity index (χ2n) is 5.59. The zero-order valence-electron chi connectivity index (χ0n) is 13.7. The molecule has 3 rings (SSSR count). The fourth-order valence-electron chi connectivity index (χ4n) is 2.88. The molecular weight excluding hydrogens is 308 g/mol. The highest BCUT2D eigenvalue weighted by Crippen LogP contribution is 2.20. The summed E-state index contributed by atoms with van der Waals surface area (Å²) in [6, 6.07) is 6.98. The van der Waals surface area contributed by atoms with E-state index in [4.69, 9.17) is 9.47 Å². The molecule has 0 aliphatic carbocycles. The molecule has 0 saturated carbocycles. The van der Waals surface area contributed by atoms with Crippen LogP contribution in [0.15, 0.2) is 41.7 Å². The van der Waals surface area contributed by atoms with Crippen molar-refractivity contribution in [1.82, 2.24) is 9.47 Å². The molecule has 2 aromatic rings. The summed E-state index contributed by atoms with van der Waals surface area (Å²) in [7, 11) is 1.57. The van der Waals surface area contributed by atoms with E-state index in [2.05, 4.69) is 6.58 Å². The van der Waals surface area contributed by atoms with Crippen molar-refractivity contribution < 1.29 is 14.3 Å². The summed E-state index contributed by atoms with van der Waals surface area (Å²) in [6.07, 6.45) is 1.62. The molecule has 1 amide bonds. The molecule has 0 spiro atoms. The first-order valence-corrected chi connectivity index (χ1v) is 7.85. The Labute approximate surface area is 139 Å². The number of ether oxygens (including phenoxy) is 2. The lowest BCUT2D eigenvalue weighted by atomic mass is 10.1. The zero-order chi connectivity index (χ0) is 17.1. The molecule has 126 valence electrons. The standard InChI is InChI=1S/C18H20N2O4/c1-3-6-20-16(18(22)19-7-9-24-10-8-19)12-13-11-14(23-2)4-5-15(13)17(20)21/h3-5,11-12H,1,6-10H2,2H3. The zero-order valence-corrected chi connectivity index (χ0v) is 13.7. The van der Waals surface area contributed by atoms with Crippen LogP contribution in [-0.4, -0.2) is 48.8 Å². The Bertz CT molecular complexity index is 835. The largest absolute Gasteiger partial charge is 0.497 e. The minimum atomic E-state index is -0.202. The van der Waals surface area contributed by atoms with Gasteiger partial charge in [-0.15, -0.1) is 6.58 Å². The lowest BCUT2D eigenvalue weighted by Crippen LogP contribution is -2.42. The van der Waals surface area contributed by atoms with Crippen LogP contribution in [0.5, 0.6) is 5.75 Å². The van der Waals surface area contributed by atoms with Crippen LogP contribution in [0, 0.1) is 0 Å². The van der Waals surface area contributed by atoms with Crippen LogP contribution >= 0.6 is 0 Å². The topological polar surface area (TPSA) is 60.8 Å². The van der Waals surface area contributed by atoms with Gasteiger partial charge in [0.2, 0.25) is 0 Å². The van der Waals surface area contributed by atoms with Crippen LogP contribution in [0.4, 0.5) is 0 Å². The van der Waals surface area contributed by atoms with Gasteiger partial charge in [0.05, 0.1) is 20.3 Å². The second kappa shape index (κ2) is 6.88. The molecule has 1 aliphatic heterocycles. The highest BCUT2D eigenvalue weighted by Gasteiger charge is 2.22. The molecule has 1 fully saturated rings. The minimum absolute atomic E-state index is 0.165. The molecule has 0 bridgehead atoms. The smallest absolute Gasteiger partial charge is 0.270 e. The Morgan fingerprint density at radius 3 is 2.75 bits per heavy atom. The van der Waals surface area contributed by atoms with E-state index in [1.165, 1.54) is 4.57 Å². The van der Waals surface area contributed by atoms with Gasteiger partial charge in [0.15, 0.2) is 0 Å². The molecule has 1 saturated heterocycles. The molecule has 0 N–H and O–H groups in total. The van der Waals surface area contributed by atoms with Gasteiger partial charge in [-0.05, 0) is 29.7 Å². The molecule has 6 nitrogen and oxygen atoms in total. The number of pyridine rings is 1. The lowest BCUT2D eigenvalue weighted by molar-refractivity contribution is 0.0295. The second-order valence-corrected chi connectivity index (χ2v) is 5.59. The molecule has 2 heterocycles. The maximum Gasteiger partial charge on any atom is 0.270 e. The summed E-state index contributed by atoms with van der Waals surface area (Å²) in [6.45, 7) is 6.05. The molecule has 0 atom stereocenters. The Balaban J connectivity index is 2.16. The van der Waals surface area contributed by atoms with Crippen molar-refractivity contribution in [1.29, 1.82) is 0 Å². The molecule has 6 heteroatoms. The SMILES string of the molecule is C=CCn1c(C(=O)N2CCOCC2)cc2cc(OC)ccc2c1=O. The van der Waals surface area contributed by atoms with Crippen LogP contribution in [0.1, 0.15) is 10.5 Å². The van der Waals surface area contributed by atoms with Gasteiger partial charge in [0.1, 0.15) is 11.4 Å². The van der Waals surface area contributed by atoms with Crippen LogP contribution < -0.4 is 10.3 Å². The summed E-state index contributed by atoms with van der Waals surface area (Å²) in [5, 5.41) is 1.24. The Hall–Kier alpha value is -2.60. The molecule has 1 aromatic carbocycles. The monoisotopic (exact) mass is 328 g/mol. The third kappa shape index (κ3) is 2.92. The number of benzene rings is 1. The molecule has 24 heavy (non-hydrogen) atoms. The van der Waals surface area contributed by atoms with E-state index in [0.717, 1.165) is 0 Å². The average molecular weight is 328 g/mol. The minimum Gasteiger partial charge on any atom is -0.497 e. The number of amides is 1. The van der Waals surface area contributed by atoms with Gasteiger partial charge in [-0.25, -0.2) is 0 Å². The number of allylic oxidation sites excluding steroid dienone is 1. The summed E-state index contributed by atoms with van der Waals surface area (Å²) in [5.41, 5.74) is 0.161. The number of rotatable bonds is 4. The quantitative estimate of drug-likeness (QED) is 0.801. The van der Waals surface area contributed by atoms with Crippen molar-refractivity contribution in [3.05, 3.63) is 53.0 Å². The Morgan fingerprint density at radius 1 is 1.33 bits per heavy atom. The van der Waals surface area contributed by atoms with Crippen molar-refractivity contribution >= 4 is 16.7 Å². The van der Waals surface area contributed by atoms with Crippen molar-refractivity contribution in [3.8, 4) is 5.75 Å². The summed E-state index contributed by atoms with van der Waals surface area (Å²) >= 11 is 0. The van der Waals surface area contributed by atoms with Gasteiger partial charge in [0.25, 0.3) is 11.5 Å². The number of carbonyl (C=O) groups is 1. The van der Waals surface area contributed by atoms with E-state index in [9.17, 15) is 9.59 Å². The number of aromatic nitrogens is 1. The molecule has 0 unspecified atom stereocenters. The Morgan fingerprint density at radius 2 is 2.08 bits per heavy atom. The van der Waals surface area contributed by atoms with E-state index in [1.807, 2.05) is 0 Å². The number of nitrogens with zero attached hydrogens (tertiary/aromatic N) is 2. The molecule has 0 radical (unpaired) electrons. The number of methoxy groups -OCH3 is 1. The van der Waals surface area contributed by atoms with Crippen molar-refractivity contribution in [2.75, 3.05) is 33.4 Å². The number of hydrogen-bond acceptors (Lipinski definition) is 4. The maximum absolute atomic E-state index is 12.9. The van der Waals surface area contributed by atoms with Crippen LogP contribution in [0.25, 0.3) is 10.8 Å². The van der Waals surface area contributed by atoms with Crippen molar-refractivity contribution in [3.63, 3.8) is 0 Å². The number of hydrogen-bond donors (Lipinski definition) is 0. The normalized spacial score (nSPS) is 14.6. The summed E-state index contributed by atoms with van der Waals surface area (Å²) in [4.78, 5) is 27.4. The van der Waals surface area contributed by atoms with E-state index in [1.54, 1.807) is 42.4 Å². The predicted octanol–water partition coefficient (Wildman–Crippen LogP) is 1.67. The number of morpholine rings is 1. The highest BCUT2D eigenvalue weighted by atomic mass is 16.5. The van der Waals surface area contributed by atoms with Gasteiger partial charge >= 0.3 is 0 Å². The van der Waals surface area contributed by atoms with Crippen LogP contribution in [0.2, 0.25) is 0 Å². The van der Waals surface area contributed by atoms with E-state index < -0.39 is 0 Å². The van der Waals surface area contributed by atoms with Crippen molar-refractivity contribution in [2.45, 2.75) is 6.54 Å². The molecule has 1 aromatic heterocycles. The van der Waals surface area contributed by atoms with Gasteiger partial charge in [-0.3, -0.25) is 14.2 Å². The number of carbonyl (C=O) groups excluding carboxylic acids is 1. The molecule has 1 aliphatic rings. The highest BCUT2D eigenvalue weighted by molar-refractivity contribution is 5.97. The predicted molar refractivity (Wildman–Crippen MR) is 91.7 cm³/mol. The van der Waals surface area contributed by atoms with Gasteiger partial charge in [0, 0.05) is 25.0 Å². The summed E-state index contributed by atoms with van der Waals surface area (Å²) in [5.74, 6) is 0.482.